The fraction of sp³-hybridized carbons (Fsp3) is 0.929. The number of hydrogen-bond donors (Lipinski definition) is 2. The molecule has 106 valence electrons. The summed E-state index contributed by atoms with van der Waals surface area (Å²) in [5.74, 6) is 0.866. The highest BCUT2D eigenvalue weighted by Crippen LogP contribution is 2.19. The smallest absolute Gasteiger partial charge is 0.216 e. The Morgan fingerprint density at radius 2 is 2.06 bits per heavy atom. The highest BCUT2D eigenvalue weighted by Gasteiger charge is 2.25. The van der Waals surface area contributed by atoms with Crippen molar-refractivity contribution >= 4 is 5.91 Å². The van der Waals surface area contributed by atoms with Gasteiger partial charge in [0.25, 0.3) is 0 Å². The van der Waals surface area contributed by atoms with Crippen LogP contribution < -0.4 is 10.6 Å². The lowest BCUT2D eigenvalue weighted by atomic mass is 9.92. The van der Waals surface area contributed by atoms with Crippen LogP contribution in [0.3, 0.4) is 0 Å². The first kappa shape index (κ1) is 15.4. The van der Waals surface area contributed by atoms with Crippen LogP contribution in [-0.2, 0) is 4.79 Å². The van der Waals surface area contributed by atoms with Crippen molar-refractivity contribution in [1.29, 1.82) is 0 Å². The van der Waals surface area contributed by atoms with Gasteiger partial charge in [-0.05, 0) is 25.3 Å². The molecule has 0 radical (unpaired) electrons. The van der Waals surface area contributed by atoms with Crippen molar-refractivity contribution < 1.29 is 4.79 Å². The van der Waals surface area contributed by atoms with E-state index in [2.05, 4.69) is 29.4 Å². The molecule has 0 aromatic carbocycles. The molecule has 2 N–H and O–H groups in total. The Bertz CT molecular complexity index is 245. The van der Waals surface area contributed by atoms with Crippen LogP contribution >= 0.6 is 0 Å². The fourth-order valence-corrected chi connectivity index (χ4v) is 2.67. The molecule has 4 heteroatoms. The minimum atomic E-state index is 0.0692. The second-order valence-corrected chi connectivity index (χ2v) is 5.40. The van der Waals surface area contributed by atoms with E-state index in [4.69, 9.17) is 0 Å². The van der Waals surface area contributed by atoms with Crippen LogP contribution in [0.5, 0.6) is 0 Å². The largest absolute Gasteiger partial charge is 0.355 e. The summed E-state index contributed by atoms with van der Waals surface area (Å²) in [6, 6.07) is 0.626. The van der Waals surface area contributed by atoms with Crippen LogP contribution in [0.15, 0.2) is 0 Å². The number of carbonyl (C=O) groups is 1. The van der Waals surface area contributed by atoms with Crippen LogP contribution in [0.4, 0.5) is 0 Å². The highest BCUT2D eigenvalue weighted by atomic mass is 16.1. The lowest BCUT2D eigenvalue weighted by Gasteiger charge is -2.38. The van der Waals surface area contributed by atoms with Gasteiger partial charge >= 0.3 is 0 Å². The number of amides is 1. The van der Waals surface area contributed by atoms with Gasteiger partial charge in [-0.2, -0.15) is 0 Å². The molecule has 1 rings (SSSR count). The molecule has 0 spiro atoms. The Hall–Kier alpha value is -0.610. The molecule has 0 aliphatic carbocycles. The first-order valence-electron chi connectivity index (χ1n) is 7.35. The van der Waals surface area contributed by atoms with E-state index in [1.54, 1.807) is 6.92 Å². The molecular weight excluding hydrogens is 226 g/mol. The minimum absolute atomic E-state index is 0.0692. The van der Waals surface area contributed by atoms with Gasteiger partial charge in [-0.3, -0.25) is 9.69 Å². The Kier molecular flexibility index (Phi) is 7.28. The number of nitrogens with zero attached hydrogens (tertiary/aromatic N) is 1. The topological polar surface area (TPSA) is 44.4 Å². The van der Waals surface area contributed by atoms with Gasteiger partial charge < -0.3 is 10.6 Å². The van der Waals surface area contributed by atoms with E-state index in [1.165, 1.54) is 25.8 Å². The maximum Gasteiger partial charge on any atom is 0.216 e. The molecule has 1 amide bonds. The molecule has 4 nitrogen and oxygen atoms in total. The summed E-state index contributed by atoms with van der Waals surface area (Å²) >= 11 is 0. The summed E-state index contributed by atoms with van der Waals surface area (Å²) in [6.07, 6.45) is 3.74. The molecule has 18 heavy (non-hydrogen) atoms. The third kappa shape index (κ3) is 5.83. The second-order valence-electron chi connectivity index (χ2n) is 5.40. The molecule has 0 aromatic rings. The lowest BCUT2D eigenvalue weighted by Crippen LogP contribution is -2.50. The molecule has 2 atom stereocenters. The van der Waals surface area contributed by atoms with E-state index >= 15 is 0 Å². The van der Waals surface area contributed by atoms with Crippen LogP contribution in [0, 0.1) is 5.92 Å². The maximum atomic E-state index is 10.9. The molecule has 1 heterocycles. The number of carbonyl (C=O) groups excluding carboxylic acids is 1. The SMILES string of the molecule is CCCNC1CC(CC)CN(CCNC(C)=O)C1. The predicted molar refractivity (Wildman–Crippen MR) is 75.6 cm³/mol. The van der Waals surface area contributed by atoms with E-state index in [-0.39, 0.29) is 5.91 Å². The summed E-state index contributed by atoms with van der Waals surface area (Å²) in [5.41, 5.74) is 0. The summed E-state index contributed by atoms with van der Waals surface area (Å²) in [5, 5.41) is 6.52. The molecule has 0 bridgehead atoms. The third-order valence-corrected chi connectivity index (χ3v) is 3.68. The van der Waals surface area contributed by atoms with Gasteiger partial charge in [0, 0.05) is 39.1 Å². The lowest BCUT2D eigenvalue weighted by molar-refractivity contribution is -0.119. The number of hydrogen-bond acceptors (Lipinski definition) is 3. The van der Waals surface area contributed by atoms with Gasteiger partial charge in [-0.15, -0.1) is 0 Å². The molecule has 1 aliphatic heterocycles. The van der Waals surface area contributed by atoms with Crippen molar-refractivity contribution in [2.24, 2.45) is 5.92 Å². The monoisotopic (exact) mass is 255 g/mol. The highest BCUT2D eigenvalue weighted by molar-refractivity contribution is 5.72. The number of likely N-dealkylation sites (tertiary alicyclic amines) is 1. The van der Waals surface area contributed by atoms with Crippen molar-refractivity contribution in [3.63, 3.8) is 0 Å². The standard InChI is InChI=1S/C14H29N3O/c1-4-6-16-14-9-13(5-2)10-17(11-14)8-7-15-12(3)18/h13-14,16H,4-11H2,1-3H3,(H,15,18). The molecule has 0 aromatic heterocycles. The van der Waals surface area contributed by atoms with Crippen molar-refractivity contribution in [2.75, 3.05) is 32.7 Å². The van der Waals surface area contributed by atoms with Gasteiger partial charge in [0.15, 0.2) is 0 Å². The van der Waals surface area contributed by atoms with Gasteiger partial charge in [0.1, 0.15) is 0 Å². The summed E-state index contributed by atoms with van der Waals surface area (Å²) in [7, 11) is 0. The Balaban J connectivity index is 2.33. The third-order valence-electron chi connectivity index (χ3n) is 3.68. The van der Waals surface area contributed by atoms with Gasteiger partial charge in [-0.25, -0.2) is 0 Å². The molecule has 1 fully saturated rings. The number of piperidine rings is 1. The van der Waals surface area contributed by atoms with Crippen LogP contribution in [0.2, 0.25) is 0 Å². The molecule has 1 aliphatic rings. The fourth-order valence-electron chi connectivity index (χ4n) is 2.67. The Labute approximate surface area is 111 Å². The first-order valence-corrected chi connectivity index (χ1v) is 7.35. The van der Waals surface area contributed by atoms with Crippen molar-refractivity contribution in [1.82, 2.24) is 15.5 Å². The van der Waals surface area contributed by atoms with E-state index in [0.717, 1.165) is 32.1 Å². The number of nitrogens with one attached hydrogen (secondary N) is 2. The van der Waals surface area contributed by atoms with Crippen LogP contribution in [-0.4, -0.2) is 49.6 Å². The van der Waals surface area contributed by atoms with E-state index in [9.17, 15) is 4.79 Å². The predicted octanol–water partition coefficient (Wildman–Crippen LogP) is 1.22. The van der Waals surface area contributed by atoms with Crippen LogP contribution in [0.25, 0.3) is 0 Å². The average Bonchev–Trinajstić information content (AvgIpc) is 2.35. The molecule has 2 unspecified atom stereocenters. The molecular formula is C14H29N3O. The zero-order valence-electron chi connectivity index (χ0n) is 12.2. The van der Waals surface area contributed by atoms with Crippen LogP contribution in [0.1, 0.15) is 40.0 Å². The number of rotatable bonds is 7. The first-order chi connectivity index (χ1) is 8.65. The Morgan fingerprint density at radius 3 is 2.67 bits per heavy atom. The van der Waals surface area contributed by atoms with Crippen molar-refractivity contribution in [3.8, 4) is 0 Å². The molecule has 1 saturated heterocycles. The zero-order valence-corrected chi connectivity index (χ0v) is 12.2. The molecule has 0 saturated carbocycles. The second kappa shape index (κ2) is 8.48. The van der Waals surface area contributed by atoms with E-state index in [1.807, 2.05) is 0 Å². The quantitative estimate of drug-likeness (QED) is 0.719. The normalized spacial score (nSPS) is 25.1. The average molecular weight is 255 g/mol. The minimum Gasteiger partial charge on any atom is -0.355 e. The van der Waals surface area contributed by atoms with Gasteiger partial charge in [0.2, 0.25) is 5.91 Å². The van der Waals surface area contributed by atoms with Gasteiger partial charge in [0.05, 0.1) is 0 Å². The Morgan fingerprint density at radius 1 is 1.28 bits per heavy atom. The van der Waals surface area contributed by atoms with Crippen molar-refractivity contribution in [2.45, 2.75) is 46.1 Å². The van der Waals surface area contributed by atoms with Gasteiger partial charge in [-0.1, -0.05) is 20.3 Å². The summed E-state index contributed by atoms with van der Waals surface area (Å²) in [6.45, 7) is 11.2. The summed E-state index contributed by atoms with van der Waals surface area (Å²) in [4.78, 5) is 13.4. The van der Waals surface area contributed by atoms with E-state index in [0.29, 0.717) is 6.04 Å². The summed E-state index contributed by atoms with van der Waals surface area (Å²) < 4.78 is 0. The van der Waals surface area contributed by atoms with Crippen molar-refractivity contribution in [3.05, 3.63) is 0 Å². The maximum absolute atomic E-state index is 10.9. The van der Waals surface area contributed by atoms with E-state index < -0.39 is 0 Å². The zero-order chi connectivity index (χ0) is 13.4.